The van der Waals surface area contributed by atoms with Crippen LogP contribution in [0.5, 0.6) is 0 Å². The number of carbonyl (C=O) groups is 2. The van der Waals surface area contributed by atoms with Crippen molar-refractivity contribution in [2.24, 2.45) is 0 Å². The second-order valence-electron chi connectivity index (χ2n) is 8.07. The summed E-state index contributed by atoms with van der Waals surface area (Å²) in [5, 5.41) is 19.1. The third kappa shape index (κ3) is 6.21. The van der Waals surface area contributed by atoms with Crippen LogP contribution in [0.1, 0.15) is 45.7 Å². The lowest BCUT2D eigenvalue weighted by molar-refractivity contribution is 0.0980. The standard InChI is InChI=1S/C26H36N4O4/c1-3-30(16-17-31)15-13-29-22-10-6-8-20-24(22)26(33)19-7-5-9-21(23(19)25(20)32)28-12-11-27-14-18-34-4-2/h5-10,27-29,31H,3-4,11-18H2,1-2H3. The molecule has 0 aromatic heterocycles. The van der Waals surface area contributed by atoms with E-state index in [2.05, 4.69) is 20.9 Å². The highest BCUT2D eigenvalue weighted by molar-refractivity contribution is 6.31. The number of benzene rings is 2. The molecule has 34 heavy (non-hydrogen) atoms. The summed E-state index contributed by atoms with van der Waals surface area (Å²) < 4.78 is 5.31. The number of fused-ring (bicyclic) bond motifs is 2. The quantitative estimate of drug-likeness (QED) is 0.252. The van der Waals surface area contributed by atoms with Gasteiger partial charge in [-0.2, -0.15) is 0 Å². The average molecular weight is 469 g/mol. The number of anilines is 2. The molecule has 0 saturated carbocycles. The Morgan fingerprint density at radius 3 is 2.00 bits per heavy atom. The van der Waals surface area contributed by atoms with Crippen LogP contribution < -0.4 is 16.0 Å². The van der Waals surface area contributed by atoms with Crippen molar-refractivity contribution in [2.45, 2.75) is 13.8 Å². The van der Waals surface area contributed by atoms with Crippen LogP contribution in [-0.2, 0) is 4.74 Å². The van der Waals surface area contributed by atoms with Gasteiger partial charge in [0.1, 0.15) is 0 Å². The van der Waals surface area contributed by atoms with E-state index in [1.807, 2.05) is 32.0 Å². The molecule has 3 rings (SSSR count). The van der Waals surface area contributed by atoms with Gasteiger partial charge in [0.15, 0.2) is 11.6 Å². The Morgan fingerprint density at radius 2 is 1.44 bits per heavy atom. The predicted octanol–water partition coefficient (Wildman–Crippen LogP) is 2.23. The SMILES string of the molecule is CCOCCNCCNc1cccc2c1C(=O)c1cccc(NCCN(CC)CCO)c1C2=O. The molecule has 0 atom stereocenters. The monoisotopic (exact) mass is 468 g/mol. The molecule has 0 bridgehead atoms. The lowest BCUT2D eigenvalue weighted by atomic mass is 9.82. The van der Waals surface area contributed by atoms with Gasteiger partial charge in [-0.1, -0.05) is 31.2 Å². The second kappa shape index (κ2) is 13.2. The average Bonchev–Trinajstić information content (AvgIpc) is 2.86. The number of rotatable bonds is 15. The molecule has 8 nitrogen and oxygen atoms in total. The number of carbonyl (C=O) groups excluding carboxylic acids is 2. The Labute approximate surface area is 201 Å². The predicted molar refractivity (Wildman–Crippen MR) is 135 cm³/mol. The molecule has 0 fully saturated rings. The minimum atomic E-state index is -0.145. The van der Waals surface area contributed by atoms with Crippen molar-refractivity contribution < 1.29 is 19.4 Å². The molecule has 0 saturated heterocycles. The van der Waals surface area contributed by atoms with E-state index in [4.69, 9.17) is 4.74 Å². The van der Waals surface area contributed by atoms with Crippen LogP contribution in [0.2, 0.25) is 0 Å². The van der Waals surface area contributed by atoms with Gasteiger partial charge in [0.2, 0.25) is 0 Å². The lowest BCUT2D eigenvalue weighted by Crippen LogP contribution is -2.32. The third-order valence-electron chi connectivity index (χ3n) is 5.92. The molecule has 2 aromatic rings. The van der Waals surface area contributed by atoms with Crippen molar-refractivity contribution >= 4 is 22.9 Å². The van der Waals surface area contributed by atoms with Gasteiger partial charge in [0.25, 0.3) is 0 Å². The van der Waals surface area contributed by atoms with E-state index < -0.39 is 0 Å². The maximum Gasteiger partial charge on any atom is 0.196 e. The smallest absolute Gasteiger partial charge is 0.196 e. The molecule has 0 aliphatic heterocycles. The molecule has 4 N–H and O–H groups in total. The zero-order valence-electron chi connectivity index (χ0n) is 20.2. The fourth-order valence-corrected chi connectivity index (χ4v) is 4.15. The summed E-state index contributed by atoms with van der Waals surface area (Å²) in [6.07, 6.45) is 0. The van der Waals surface area contributed by atoms with Crippen LogP contribution in [0.25, 0.3) is 0 Å². The molecule has 0 radical (unpaired) electrons. The van der Waals surface area contributed by atoms with Crippen LogP contribution in [-0.4, -0.2) is 87.2 Å². The van der Waals surface area contributed by atoms with Gasteiger partial charge in [-0.05, 0) is 25.6 Å². The largest absolute Gasteiger partial charge is 0.395 e. The normalized spacial score (nSPS) is 12.6. The number of nitrogens with one attached hydrogen (secondary N) is 3. The van der Waals surface area contributed by atoms with E-state index >= 15 is 0 Å². The van der Waals surface area contributed by atoms with Crippen molar-refractivity contribution in [1.82, 2.24) is 10.2 Å². The molecule has 8 heteroatoms. The summed E-state index contributed by atoms with van der Waals surface area (Å²) in [5.74, 6) is -0.287. The fraction of sp³-hybridized carbons (Fsp3) is 0.462. The van der Waals surface area contributed by atoms with Crippen molar-refractivity contribution in [1.29, 1.82) is 0 Å². The Hall–Kier alpha value is -2.78. The van der Waals surface area contributed by atoms with Gasteiger partial charge < -0.3 is 25.8 Å². The van der Waals surface area contributed by atoms with Gasteiger partial charge in [-0.3, -0.25) is 14.5 Å². The highest BCUT2D eigenvalue weighted by atomic mass is 16.5. The number of ketones is 2. The first-order valence-corrected chi connectivity index (χ1v) is 12.1. The van der Waals surface area contributed by atoms with Gasteiger partial charge in [-0.25, -0.2) is 0 Å². The van der Waals surface area contributed by atoms with Gasteiger partial charge in [0.05, 0.1) is 24.3 Å². The van der Waals surface area contributed by atoms with Gasteiger partial charge >= 0.3 is 0 Å². The summed E-state index contributed by atoms with van der Waals surface area (Å²) in [7, 11) is 0. The summed E-state index contributed by atoms with van der Waals surface area (Å²) in [5.41, 5.74) is 3.06. The first kappa shape index (κ1) is 25.8. The lowest BCUT2D eigenvalue weighted by Gasteiger charge is -2.24. The molecule has 0 heterocycles. The summed E-state index contributed by atoms with van der Waals surface area (Å²) >= 11 is 0. The Morgan fingerprint density at radius 1 is 0.824 bits per heavy atom. The zero-order chi connectivity index (χ0) is 24.3. The van der Waals surface area contributed by atoms with Crippen LogP contribution in [0.15, 0.2) is 36.4 Å². The zero-order valence-corrected chi connectivity index (χ0v) is 20.2. The molecule has 0 unspecified atom stereocenters. The Balaban J connectivity index is 1.72. The molecular weight excluding hydrogens is 432 g/mol. The third-order valence-corrected chi connectivity index (χ3v) is 5.92. The van der Waals surface area contributed by atoms with Crippen LogP contribution in [0.3, 0.4) is 0 Å². The number of ether oxygens (including phenoxy) is 1. The summed E-state index contributed by atoms with van der Waals surface area (Å²) in [6.45, 7) is 10.4. The molecule has 0 amide bonds. The molecular formula is C26H36N4O4. The second-order valence-corrected chi connectivity index (χ2v) is 8.07. The van der Waals surface area contributed by atoms with Crippen LogP contribution >= 0.6 is 0 Å². The maximum atomic E-state index is 13.5. The molecule has 0 spiro atoms. The first-order valence-electron chi connectivity index (χ1n) is 12.1. The maximum absolute atomic E-state index is 13.5. The number of hydrogen-bond donors (Lipinski definition) is 4. The van der Waals surface area contributed by atoms with Gasteiger partial charge in [0, 0.05) is 68.4 Å². The van der Waals surface area contributed by atoms with E-state index in [0.29, 0.717) is 73.0 Å². The topological polar surface area (TPSA) is 103 Å². The van der Waals surface area contributed by atoms with E-state index in [1.54, 1.807) is 18.2 Å². The fourth-order valence-electron chi connectivity index (χ4n) is 4.15. The first-order chi connectivity index (χ1) is 16.6. The Kier molecular flexibility index (Phi) is 10.0. The molecule has 1 aliphatic rings. The van der Waals surface area contributed by atoms with Crippen molar-refractivity contribution in [3.05, 3.63) is 58.7 Å². The Bertz CT molecular complexity index is 979. The highest BCUT2D eigenvalue weighted by Crippen LogP contribution is 2.35. The number of nitrogens with zero attached hydrogens (tertiary/aromatic N) is 1. The van der Waals surface area contributed by atoms with Crippen LogP contribution in [0, 0.1) is 0 Å². The minimum absolute atomic E-state index is 0.109. The van der Waals surface area contributed by atoms with Crippen molar-refractivity contribution in [3.8, 4) is 0 Å². The number of hydrogen-bond acceptors (Lipinski definition) is 8. The van der Waals surface area contributed by atoms with Gasteiger partial charge in [-0.15, -0.1) is 0 Å². The molecule has 184 valence electrons. The summed E-state index contributed by atoms with van der Waals surface area (Å²) in [4.78, 5) is 29.0. The van der Waals surface area contributed by atoms with E-state index in [9.17, 15) is 14.7 Å². The van der Waals surface area contributed by atoms with E-state index in [0.717, 1.165) is 19.6 Å². The molecule has 2 aromatic carbocycles. The van der Waals surface area contributed by atoms with E-state index in [-0.39, 0.29) is 18.2 Å². The van der Waals surface area contributed by atoms with Crippen LogP contribution in [0.4, 0.5) is 11.4 Å². The number of aliphatic hydroxyl groups excluding tert-OH is 1. The van der Waals surface area contributed by atoms with E-state index in [1.165, 1.54) is 0 Å². The van der Waals surface area contributed by atoms with Crippen molar-refractivity contribution in [3.63, 3.8) is 0 Å². The summed E-state index contributed by atoms with van der Waals surface area (Å²) in [6, 6.07) is 10.7. The number of aliphatic hydroxyl groups is 1. The highest BCUT2D eigenvalue weighted by Gasteiger charge is 2.33. The number of likely N-dealkylation sites (N-methyl/N-ethyl adjacent to an activating group) is 1. The minimum Gasteiger partial charge on any atom is -0.395 e. The van der Waals surface area contributed by atoms with Crippen molar-refractivity contribution in [2.75, 3.05) is 76.3 Å². The molecule has 1 aliphatic carbocycles.